The van der Waals surface area contributed by atoms with Gasteiger partial charge in [-0.15, -0.1) is 0 Å². The molecule has 0 aliphatic heterocycles. The number of benzene rings is 4. The van der Waals surface area contributed by atoms with Gasteiger partial charge in [-0.05, 0) is 47.5 Å². The van der Waals surface area contributed by atoms with Crippen LogP contribution >= 0.6 is 0 Å². The number of rotatable bonds is 10. The molecular weight excluding hydrogens is 520 g/mol. The summed E-state index contributed by atoms with van der Waals surface area (Å²) in [5.41, 5.74) is 8.17. The third kappa shape index (κ3) is 6.73. The monoisotopic (exact) mass is 544 g/mol. The molecule has 0 spiro atoms. The number of nitrogens with zero attached hydrogens (tertiary/aromatic N) is 5. The lowest BCUT2D eigenvalue weighted by molar-refractivity contribution is -0.383. The minimum Gasteiger partial charge on any atom is -0.334 e. The van der Waals surface area contributed by atoms with Crippen LogP contribution in [0.25, 0.3) is 0 Å². The first-order chi connectivity index (χ1) is 20.1. The van der Waals surface area contributed by atoms with E-state index < -0.39 is 22.4 Å². The highest BCUT2D eigenvalue weighted by Gasteiger charge is 2.26. The van der Waals surface area contributed by atoms with E-state index in [0.29, 0.717) is 11.4 Å². The Labute approximate surface area is 235 Å². The normalized spacial score (nSPS) is 10.9. The lowest BCUT2D eigenvalue weighted by atomic mass is 9.91. The molecule has 0 fully saturated rings. The molecule has 5 aromatic rings. The maximum atomic E-state index is 13.3. The van der Waals surface area contributed by atoms with Gasteiger partial charge >= 0.3 is 5.69 Å². The van der Waals surface area contributed by atoms with Crippen molar-refractivity contribution in [2.45, 2.75) is 5.92 Å². The van der Waals surface area contributed by atoms with Crippen molar-refractivity contribution in [3.63, 3.8) is 0 Å². The summed E-state index contributed by atoms with van der Waals surface area (Å²) in [7, 11) is 0. The average Bonchev–Trinajstić information content (AvgIpc) is 3.01. The molecule has 0 aliphatic carbocycles. The minimum absolute atomic E-state index is 0.0527. The second-order valence-corrected chi connectivity index (χ2v) is 8.75. The fourth-order valence-electron chi connectivity index (χ4n) is 4.07. The van der Waals surface area contributed by atoms with Crippen LogP contribution in [0.1, 0.15) is 17.0 Å². The van der Waals surface area contributed by atoms with Gasteiger partial charge in [0.1, 0.15) is 6.33 Å². The number of anilines is 3. The van der Waals surface area contributed by atoms with Crippen LogP contribution in [0.4, 0.5) is 34.4 Å². The van der Waals surface area contributed by atoms with Crippen LogP contribution in [0, 0.1) is 10.1 Å². The fraction of sp³-hybridized carbons (Fsp3) is 0.0333. The van der Waals surface area contributed by atoms with Gasteiger partial charge in [-0.2, -0.15) is 10.2 Å². The van der Waals surface area contributed by atoms with Gasteiger partial charge in [-0.1, -0.05) is 78.9 Å². The van der Waals surface area contributed by atoms with Crippen LogP contribution in [-0.2, 0) is 4.79 Å². The van der Waals surface area contributed by atoms with Crippen LogP contribution in [-0.4, -0.2) is 20.8 Å². The summed E-state index contributed by atoms with van der Waals surface area (Å²) in [6.45, 7) is 0. The molecule has 202 valence electrons. The second-order valence-electron chi connectivity index (χ2n) is 8.75. The van der Waals surface area contributed by atoms with Crippen LogP contribution in [0.2, 0.25) is 0 Å². The van der Waals surface area contributed by atoms with Crippen LogP contribution in [0.3, 0.4) is 0 Å². The standard InChI is InChI=1S/C30H24N8O3/c39-30(26(21-10-4-1-5-11-21)22-12-6-2-7-13-22)37-36-29-27(38(40)41)28(31-20-32-29)33-23-16-18-25(19-17-23)35-34-24-14-8-3-9-15-24/h1-20,26H,(H,37,39)(H2,31,32,33,36). The smallest absolute Gasteiger partial charge is 0.334 e. The Bertz CT molecular complexity index is 1610. The lowest BCUT2D eigenvalue weighted by Crippen LogP contribution is -2.35. The summed E-state index contributed by atoms with van der Waals surface area (Å²) in [5, 5.41) is 23.3. The quantitative estimate of drug-likeness (QED) is 0.0993. The highest BCUT2D eigenvalue weighted by molar-refractivity contribution is 5.88. The molecule has 0 unspecified atom stereocenters. The van der Waals surface area contributed by atoms with Gasteiger partial charge in [0.05, 0.1) is 22.2 Å². The molecule has 41 heavy (non-hydrogen) atoms. The zero-order chi connectivity index (χ0) is 28.4. The zero-order valence-electron chi connectivity index (χ0n) is 21.6. The summed E-state index contributed by atoms with van der Waals surface area (Å²) in [6.07, 6.45) is 1.16. The van der Waals surface area contributed by atoms with Crippen molar-refractivity contribution in [1.82, 2.24) is 15.4 Å². The number of hydrazine groups is 1. The number of carbonyl (C=O) groups excluding carboxylic acids is 1. The van der Waals surface area contributed by atoms with E-state index in [-0.39, 0.29) is 11.6 Å². The van der Waals surface area contributed by atoms with Crippen molar-refractivity contribution in [3.05, 3.63) is 143 Å². The topological polar surface area (TPSA) is 147 Å². The van der Waals surface area contributed by atoms with Crippen molar-refractivity contribution in [3.8, 4) is 0 Å². The summed E-state index contributed by atoms with van der Waals surface area (Å²) < 4.78 is 0. The van der Waals surface area contributed by atoms with E-state index in [9.17, 15) is 14.9 Å². The molecule has 0 atom stereocenters. The van der Waals surface area contributed by atoms with Crippen molar-refractivity contribution >= 4 is 40.3 Å². The SMILES string of the molecule is O=C(NNc1ncnc(Nc2ccc(N=Nc3ccccc3)cc2)c1[N+](=O)[O-])C(c1ccccc1)c1ccccc1. The molecule has 5 rings (SSSR count). The van der Waals surface area contributed by atoms with Gasteiger partial charge < -0.3 is 5.32 Å². The zero-order valence-corrected chi connectivity index (χ0v) is 21.6. The highest BCUT2D eigenvalue weighted by Crippen LogP contribution is 2.32. The van der Waals surface area contributed by atoms with Crippen molar-refractivity contribution < 1.29 is 9.72 Å². The molecule has 11 heteroatoms. The van der Waals surface area contributed by atoms with E-state index in [0.717, 1.165) is 23.1 Å². The second kappa shape index (κ2) is 12.7. The Balaban J connectivity index is 1.32. The third-order valence-corrected chi connectivity index (χ3v) is 6.00. The Kier molecular flexibility index (Phi) is 8.26. The number of carbonyl (C=O) groups is 1. The number of hydrogen-bond acceptors (Lipinski definition) is 9. The van der Waals surface area contributed by atoms with Gasteiger partial charge in [0.15, 0.2) is 0 Å². The van der Waals surface area contributed by atoms with E-state index in [1.165, 1.54) is 0 Å². The van der Waals surface area contributed by atoms with E-state index in [2.05, 4.69) is 36.4 Å². The molecule has 1 amide bonds. The molecule has 0 saturated heterocycles. The first-order valence-corrected chi connectivity index (χ1v) is 12.6. The minimum atomic E-state index is -0.652. The van der Waals surface area contributed by atoms with Crippen LogP contribution < -0.4 is 16.2 Å². The Morgan fingerprint density at radius 2 is 1.22 bits per heavy atom. The van der Waals surface area contributed by atoms with E-state index >= 15 is 0 Å². The predicted molar refractivity (Wildman–Crippen MR) is 156 cm³/mol. The van der Waals surface area contributed by atoms with Gasteiger partial charge in [-0.25, -0.2) is 9.97 Å². The molecule has 1 heterocycles. The first kappa shape index (κ1) is 26.6. The first-order valence-electron chi connectivity index (χ1n) is 12.6. The maximum absolute atomic E-state index is 13.3. The highest BCUT2D eigenvalue weighted by atomic mass is 16.6. The molecule has 3 N–H and O–H groups in total. The van der Waals surface area contributed by atoms with Crippen LogP contribution in [0.5, 0.6) is 0 Å². The molecule has 0 aliphatic rings. The Morgan fingerprint density at radius 1 is 0.707 bits per heavy atom. The summed E-state index contributed by atoms with van der Waals surface area (Å²) in [4.78, 5) is 32.8. The average molecular weight is 545 g/mol. The lowest BCUT2D eigenvalue weighted by Gasteiger charge is -2.18. The number of aromatic nitrogens is 2. The molecule has 4 aromatic carbocycles. The van der Waals surface area contributed by atoms with Gasteiger partial charge in [0, 0.05) is 5.69 Å². The third-order valence-electron chi connectivity index (χ3n) is 6.00. The molecule has 0 bridgehead atoms. The summed E-state index contributed by atoms with van der Waals surface area (Å²) in [6, 6.07) is 34.6. The summed E-state index contributed by atoms with van der Waals surface area (Å²) in [5.74, 6) is -1.29. The van der Waals surface area contributed by atoms with E-state index in [1.54, 1.807) is 24.3 Å². The van der Waals surface area contributed by atoms with Crippen molar-refractivity contribution in [2.24, 2.45) is 10.2 Å². The van der Waals surface area contributed by atoms with Crippen molar-refractivity contribution in [2.75, 3.05) is 10.7 Å². The Morgan fingerprint density at radius 3 is 1.78 bits per heavy atom. The largest absolute Gasteiger partial charge is 0.355 e. The van der Waals surface area contributed by atoms with Gasteiger partial charge in [0.2, 0.25) is 17.5 Å². The van der Waals surface area contributed by atoms with E-state index in [4.69, 9.17) is 0 Å². The number of amides is 1. The molecule has 0 saturated carbocycles. The molecule has 1 aromatic heterocycles. The molecule has 11 nitrogen and oxygen atoms in total. The number of nitrogens with one attached hydrogen (secondary N) is 3. The maximum Gasteiger partial charge on any atom is 0.355 e. The molecule has 0 radical (unpaired) electrons. The fourth-order valence-corrected chi connectivity index (χ4v) is 4.07. The number of nitro groups is 1. The van der Waals surface area contributed by atoms with Gasteiger partial charge in [0.25, 0.3) is 0 Å². The van der Waals surface area contributed by atoms with Gasteiger partial charge in [-0.3, -0.25) is 25.8 Å². The number of hydrogen-bond donors (Lipinski definition) is 3. The van der Waals surface area contributed by atoms with E-state index in [1.807, 2.05) is 91.0 Å². The predicted octanol–water partition coefficient (Wildman–Crippen LogP) is 6.82. The number of azo groups is 1. The van der Waals surface area contributed by atoms with Crippen molar-refractivity contribution in [1.29, 1.82) is 0 Å². The molecular formula is C30H24N8O3. The van der Waals surface area contributed by atoms with Crippen LogP contribution in [0.15, 0.2) is 132 Å². The Hall–Kier alpha value is -5.97. The summed E-state index contributed by atoms with van der Waals surface area (Å²) >= 11 is 0.